The molecule has 3 aromatic heterocycles. The summed E-state index contributed by atoms with van der Waals surface area (Å²) in [5.74, 6) is 0.709. The van der Waals surface area contributed by atoms with Crippen LogP contribution in [0.1, 0.15) is 8.22 Å². The maximum atomic E-state index is 8.96. The van der Waals surface area contributed by atoms with Crippen LogP contribution in [0.15, 0.2) is 150 Å². The van der Waals surface area contributed by atoms with E-state index in [-0.39, 0.29) is 64.0 Å². The van der Waals surface area contributed by atoms with Crippen LogP contribution < -0.4 is 0 Å². The second-order valence-electron chi connectivity index (χ2n) is 10.4. The van der Waals surface area contributed by atoms with E-state index in [4.69, 9.17) is 27.6 Å². The molecule has 3 heterocycles. The zero-order chi connectivity index (χ0) is 34.3. The molecule has 9 rings (SSSR count). The molecule has 0 unspecified atom stereocenters. The molecule has 0 spiro atoms. The van der Waals surface area contributed by atoms with Gasteiger partial charge in [-0.15, -0.1) is 0 Å². The first-order valence-corrected chi connectivity index (χ1v) is 14.1. The van der Waals surface area contributed by atoms with Gasteiger partial charge in [-0.2, -0.15) is 9.97 Å². The van der Waals surface area contributed by atoms with Crippen LogP contribution in [0.25, 0.3) is 83.6 Å². The number of hydrogen-bond acceptors (Lipinski definition) is 4. The topological polar surface area (TPSA) is 56.7 Å². The lowest BCUT2D eigenvalue weighted by molar-refractivity contribution is 0.669. The van der Waals surface area contributed by atoms with Crippen LogP contribution in [-0.2, 0) is 0 Å². The predicted molar refractivity (Wildman–Crippen MR) is 178 cm³/mol. The van der Waals surface area contributed by atoms with Gasteiger partial charge in [-0.05, 0) is 35.3 Å². The summed E-state index contributed by atoms with van der Waals surface area (Å²) in [5.41, 5.74) is 5.07. The van der Waals surface area contributed by atoms with Crippen LogP contribution in [0.5, 0.6) is 0 Å². The molecule has 0 fully saturated rings. The molecule has 0 aliphatic heterocycles. The molecular formula is C39H24N4O. The Morgan fingerprint density at radius 1 is 0.500 bits per heavy atom. The number of para-hydroxylation sites is 2. The van der Waals surface area contributed by atoms with E-state index < -0.39 is 0 Å². The third kappa shape index (κ3) is 3.76. The van der Waals surface area contributed by atoms with E-state index in [0.29, 0.717) is 33.9 Å². The first-order chi connectivity index (χ1) is 24.3. The Labute approximate surface area is 261 Å². The highest BCUT2D eigenvalue weighted by Gasteiger charge is 2.21. The van der Waals surface area contributed by atoms with E-state index >= 15 is 0 Å². The van der Waals surface area contributed by atoms with Crippen LogP contribution in [0.4, 0.5) is 0 Å². The van der Waals surface area contributed by atoms with Crippen molar-refractivity contribution in [2.24, 2.45) is 0 Å². The second kappa shape index (κ2) is 9.75. The van der Waals surface area contributed by atoms with E-state index in [2.05, 4.69) is 18.2 Å². The molecule has 0 amide bonds. The molecule has 0 atom stereocenters. The van der Waals surface area contributed by atoms with Crippen LogP contribution in [0, 0.1) is 0 Å². The molecule has 5 nitrogen and oxygen atoms in total. The Balaban J connectivity index is 1.43. The number of nitrogens with zero attached hydrogens (tertiary/aromatic N) is 4. The molecule has 9 aromatic rings. The summed E-state index contributed by atoms with van der Waals surface area (Å²) in [6.07, 6.45) is 0. The van der Waals surface area contributed by atoms with Crippen molar-refractivity contribution in [2.75, 3.05) is 0 Å². The van der Waals surface area contributed by atoms with Crippen LogP contribution >= 0.6 is 0 Å². The van der Waals surface area contributed by atoms with Gasteiger partial charge in [-0.3, -0.25) is 4.57 Å². The lowest BCUT2D eigenvalue weighted by Gasteiger charge is -2.11. The fraction of sp³-hybridized carbons (Fsp3) is 0. The Bertz CT molecular complexity index is 2760. The predicted octanol–water partition coefficient (Wildman–Crippen LogP) is 9.87. The lowest BCUT2D eigenvalue weighted by Crippen LogP contribution is -2.06. The average molecular weight is 571 g/mol. The molecule has 0 saturated carbocycles. The molecule has 206 valence electrons. The largest absolute Gasteiger partial charge is 0.456 e. The van der Waals surface area contributed by atoms with Crippen molar-refractivity contribution < 1.29 is 12.6 Å². The molecule has 0 aliphatic rings. The minimum Gasteiger partial charge on any atom is -0.456 e. The first-order valence-electron chi connectivity index (χ1n) is 17.1. The fourth-order valence-electron chi connectivity index (χ4n) is 5.93. The van der Waals surface area contributed by atoms with Crippen molar-refractivity contribution in [3.8, 4) is 39.9 Å². The van der Waals surface area contributed by atoms with Crippen molar-refractivity contribution in [2.45, 2.75) is 0 Å². The van der Waals surface area contributed by atoms with Gasteiger partial charge in [0, 0.05) is 32.7 Å². The molecule has 0 radical (unpaired) electrons. The molecular weight excluding hydrogens is 540 g/mol. The molecule has 6 aromatic carbocycles. The number of fused-ring (bicyclic) bond motifs is 6. The van der Waals surface area contributed by atoms with Crippen LogP contribution in [0.3, 0.4) is 0 Å². The summed E-state index contributed by atoms with van der Waals surface area (Å²) in [7, 11) is 0. The Morgan fingerprint density at radius 3 is 1.73 bits per heavy atom. The zero-order valence-corrected chi connectivity index (χ0v) is 23.1. The first kappa shape index (κ1) is 19.2. The Kier molecular flexibility index (Phi) is 4.25. The van der Waals surface area contributed by atoms with Gasteiger partial charge in [0.05, 0.1) is 19.3 Å². The third-order valence-electron chi connectivity index (χ3n) is 7.83. The van der Waals surface area contributed by atoms with E-state index in [9.17, 15) is 0 Å². The normalized spacial score (nSPS) is 13.5. The molecule has 0 saturated heterocycles. The highest BCUT2D eigenvalue weighted by atomic mass is 16.3. The minimum absolute atomic E-state index is 0.0678. The summed E-state index contributed by atoms with van der Waals surface area (Å²) in [6.45, 7) is 0. The van der Waals surface area contributed by atoms with E-state index in [0.717, 1.165) is 21.9 Å². The van der Waals surface area contributed by atoms with Crippen molar-refractivity contribution in [3.05, 3.63) is 145 Å². The van der Waals surface area contributed by atoms with Crippen LogP contribution in [-0.4, -0.2) is 19.5 Å². The second-order valence-corrected chi connectivity index (χ2v) is 10.4. The molecule has 0 aliphatic carbocycles. The molecule has 5 heteroatoms. The molecule has 0 N–H and O–H groups in total. The van der Waals surface area contributed by atoms with E-state index in [1.165, 1.54) is 16.7 Å². The number of rotatable bonds is 4. The Morgan fingerprint density at radius 2 is 1.07 bits per heavy atom. The van der Waals surface area contributed by atoms with E-state index in [1.807, 2.05) is 78.9 Å². The maximum absolute atomic E-state index is 8.96. The number of furan rings is 1. The SMILES string of the molecule is [2H]c1cc([2H])c2c(c1[2H])c1c([2H])c([2H])cc([2H])c1n2-c1nc(-c2ccccc2)nc(-c2cccc3oc4cccc(-c5ccccc5)c4c23)n1. The molecule has 0 bridgehead atoms. The summed E-state index contributed by atoms with van der Waals surface area (Å²) >= 11 is 0. The number of aromatic nitrogens is 4. The average Bonchev–Trinajstić information content (AvgIpc) is 3.71. The van der Waals surface area contributed by atoms with Gasteiger partial charge in [-0.25, -0.2) is 4.98 Å². The van der Waals surface area contributed by atoms with Gasteiger partial charge in [0.1, 0.15) is 11.2 Å². The van der Waals surface area contributed by atoms with Gasteiger partial charge in [0.25, 0.3) is 0 Å². The molecule has 44 heavy (non-hydrogen) atoms. The lowest BCUT2D eigenvalue weighted by atomic mass is 9.97. The van der Waals surface area contributed by atoms with Gasteiger partial charge < -0.3 is 4.42 Å². The van der Waals surface area contributed by atoms with Gasteiger partial charge in [0.15, 0.2) is 11.6 Å². The van der Waals surface area contributed by atoms with E-state index in [1.54, 1.807) is 0 Å². The highest BCUT2D eigenvalue weighted by molar-refractivity contribution is 6.17. The minimum atomic E-state index is -0.209. The zero-order valence-electron chi connectivity index (χ0n) is 29.1. The monoisotopic (exact) mass is 570 g/mol. The van der Waals surface area contributed by atoms with Gasteiger partial charge >= 0.3 is 0 Å². The summed E-state index contributed by atoms with van der Waals surface area (Å²) in [4.78, 5) is 14.9. The summed E-state index contributed by atoms with van der Waals surface area (Å²) in [6, 6.07) is 32.6. The standard InChI is InChI=1S/C39H24N4O/c1-3-13-25(14-4-1)27-19-11-23-33-35(27)36-30(20-12-24-34(36)44-33)38-40-37(26-15-5-2-6-16-26)41-39(42-38)43-31-21-9-7-17-28(31)29-18-8-10-22-32(29)43/h1-24H/i7D,8D,17D,18D,21D,22D. The van der Waals surface area contributed by atoms with Crippen molar-refractivity contribution in [1.82, 2.24) is 19.5 Å². The summed E-state index contributed by atoms with van der Waals surface area (Å²) in [5, 5.41) is 1.96. The smallest absolute Gasteiger partial charge is 0.238 e. The van der Waals surface area contributed by atoms with Crippen molar-refractivity contribution >= 4 is 43.7 Å². The number of benzene rings is 6. The van der Waals surface area contributed by atoms with Crippen LogP contribution in [0.2, 0.25) is 0 Å². The van der Waals surface area contributed by atoms with Gasteiger partial charge in [0.2, 0.25) is 5.95 Å². The highest BCUT2D eigenvalue weighted by Crippen LogP contribution is 2.41. The van der Waals surface area contributed by atoms with Crippen molar-refractivity contribution in [1.29, 1.82) is 0 Å². The Hall–Kier alpha value is -6.07. The summed E-state index contributed by atoms with van der Waals surface area (Å²) < 4.78 is 60.2. The quantitative estimate of drug-likeness (QED) is 0.211. The van der Waals surface area contributed by atoms with Crippen molar-refractivity contribution in [3.63, 3.8) is 0 Å². The fourth-order valence-corrected chi connectivity index (χ4v) is 5.93. The number of hydrogen-bond donors (Lipinski definition) is 0. The maximum Gasteiger partial charge on any atom is 0.238 e. The van der Waals surface area contributed by atoms with Gasteiger partial charge in [-0.1, -0.05) is 121 Å². The third-order valence-corrected chi connectivity index (χ3v) is 7.83.